The number of ketones is 2. The van der Waals surface area contributed by atoms with Crippen molar-refractivity contribution in [2.24, 2.45) is 0 Å². The summed E-state index contributed by atoms with van der Waals surface area (Å²) in [5.74, 6) is -0.580. The third-order valence-electron chi connectivity index (χ3n) is 3.19. The first-order chi connectivity index (χ1) is 9.59. The van der Waals surface area contributed by atoms with Crippen LogP contribution in [0.2, 0.25) is 10.0 Å². The van der Waals surface area contributed by atoms with E-state index in [-0.39, 0.29) is 17.1 Å². The molecule has 0 saturated heterocycles. The van der Waals surface area contributed by atoms with Gasteiger partial charge < -0.3 is 0 Å². The van der Waals surface area contributed by atoms with Crippen LogP contribution >= 0.6 is 23.2 Å². The minimum atomic E-state index is -0.290. The lowest BCUT2D eigenvalue weighted by atomic mass is 10.1. The summed E-state index contributed by atoms with van der Waals surface area (Å²) in [5, 5.41) is 0.808. The van der Waals surface area contributed by atoms with Crippen molar-refractivity contribution in [2.45, 2.75) is 0 Å². The Balaban J connectivity index is 2.16. The Kier molecular flexibility index (Phi) is 3.20. The Bertz CT molecular complexity index is 719. The number of allylic oxidation sites excluding steroid dienone is 1. The number of halogens is 2. The Hall–Kier alpha value is -1.90. The van der Waals surface area contributed by atoms with Gasteiger partial charge >= 0.3 is 0 Å². The second-order valence-corrected chi connectivity index (χ2v) is 5.21. The molecule has 0 radical (unpaired) electrons. The summed E-state index contributed by atoms with van der Waals surface area (Å²) in [4.78, 5) is 24.5. The van der Waals surface area contributed by atoms with Gasteiger partial charge in [-0.05, 0) is 18.2 Å². The molecular weight excluding hydrogens is 295 g/mol. The molecule has 0 amide bonds. The largest absolute Gasteiger partial charge is 0.288 e. The Morgan fingerprint density at radius 2 is 1.25 bits per heavy atom. The van der Waals surface area contributed by atoms with Gasteiger partial charge in [-0.2, -0.15) is 0 Å². The van der Waals surface area contributed by atoms with Crippen LogP contribution in [0.25, 0.3) is 6.08 Å². The van der Waals surface area contributed by atoms with Crippen molar-refractivity contribution in [1.29, 1.82) is 0 Å². The third kappa shape index (κ3) is 1.98. The SMILES string of the molecule is O=C1C(=Cc2c(Cl)cccc2Cl)C(=O)c2ccccc21. The Labute approximate surface area is 125 Å². The molecule has 98 valence electrons. The van der Waals surface area contributed by atoms with Crippen LogP contribution in [-0.4, -0.2) is 11.6 Å². The summed E-state index contributed by atoms with van der Waals surface area (Å²) < 4.78 is 0. The molecule has 0 fully saturated rings. The quantitative estimate of drug-likeness (QED) is 0.576. The van der Waals surface area contributed by atoms with Crippen LogP contribution < -0.4 is 0 Å². The molecule has 1 aliphatic carbocycles. The van der Waals surface area contributed by atoms with Gasteiger partial charge in [0, 0.05) is 26.7 Å². The zero-order valence-electron chi connectivity index (χ0n) is 10.2. The highest BCUT2D eigenvalue weighted by Gasteiger charge is 2.32. The van der Waals surface area contributed by atoms with Crippen molar-refractivity contribution < 1.29 is 9.59 Å². The second-order valence-electron chi connectivity index (χ2n) is 4.40. The number of rotatable bonds is 1. The molecule has 2 nitrogen and oxygen atoms in total. The van der Waals surface area contributed by atoms with Crippen LogP contribution in [0.5, 0.6) is 0 Å². The highest BCUT2D eigenvalue weighted by atomic mass is 35.5. The smallest absolute Gasteiger partial charge is 0.197 e. The highest BCUT2D eigenvalue weighted by molar-refractivity contribution is 6.43. The lowest BCUT2D eigenvalue weighted by Gasteiger charge is -2.02. The van der Waals surface area contributed by atoms with E-state index in [1.54, 1.807) is 42.5 Å². The second kappa shape index (κ2) is 4.89. The summed E-state index contributed by atoms with van der Waals surface area (Å²) >= 11 is 12.1. The molecule has 0 N–H and O–H groups in total. The number of Topliss-reactive ketones (excluding diaryl/α,β-unsaturated/α-hetero) is 2. The average Bonchev–Trinajstić information content (AvgIpc) is 2.68. The molecule has 0 saturated carbocycles. The van der Waals surface area contributed by atoms with Gasteiger partial charge in [-0.3, -0.25) is 9.59 Å². The zero-order valence-corrected chi connectivity index (χ0v) is 11.7. The van der Waals surface area contributed by atoms with Gasteiger partial charge in [0.1, 0.15) is 0 Å². The number of carbonyl (C=O) groups is 2. The number of benzene rings is 2. The van der Waals surface area contributed by atoms with Gasteiger partial charge in [0.05, 0.1) is 5.57 Å². The predicted molar refractivity (Wildman–Crippen MR) is 79.5 cm³/mol. The van der Waals surface area contributed by atoms with E-state index in [0.29, 0.717) is 26.7 Å². The summed E-state index contributed by atoms with van der Waals surface area (Å²) in [7, 11) is 0. The normalized spacial score (nSPS) is 13.6. The molecular formula is C16H8Cl2O2. The number of fused-ring (bicyclic) bond motifs is 1. The summed E-state index contributed by atoms with van der Waals surface area (Å²) in [6.07, 6.45) is 1.47. The van der Waals surface area contributed by atoms with Gasteiger partial charge in [0.2, 0.25) is 0 Å². The fraction of sp³-hybridized carbons (Fsp3) is 0. The molecule has 1 aliphatic rings. The molecule has 0 spiro atoms. The Morgan fingerprint density at radius 1 is 0.750 bits per heavy atom. The molecule has 0 aromatic heterocycles. The van der Waals surface area contributed by atoms with Gasteiger partial charge in [-0.1, -0.05) is 53.5 Å². The van der Waals surface area contributed by atoms with E-state index >= 15 is 0 Å². The van der Waals surface area contributed by atoms with E-state index in [1.165, 1.54) is 6.08 Å². The van der Waals surface area contributed by atoms with Crippen LogP contribution in [0.15, 0.2) is 48.0 Å². The van der Waals surface area contributed by atoms with Crippen molar-refractivity contribution in [2.75, 3.05) is 0 Å². The van der Waals surface area contributed by atoms with E-state index in [9.17, 15) is 9.59 Å². The minimum absolute atomic E-state index is 0.0983. The molecule has 0 atom stereocenters. The highest BCUT2D eigenvalue weighted by Crippen LogP contribution is 2.32. The number of hydrogen-bond acceptors (Lipinski definition) is 2. The zero-order chi connectivity index (χ0) is 14.3. The summed E-state index contributed by atoms with van der Waals surface area (Å²) in [6, 6.07) is 11.8. The first kappa shape index (κ1) is 13.1. The van der Waals surface area contributed by atoms with Crippen molar-refractivity contribution in [3.63, 3.8) is 0 Å². The van der Waals surface area contributed by atoms with E-state index in [0.717, 1.165) is 0 Å². The monoisotopic (exact) mass is 302 g/mol. The molecule has 0 aliphatic heterocycles. The van der Waals surface area contributed by atoms with Crippen LogP contribution in [0.3, 0.4) is 0 Å². The lowest BCUT2D eigenvalue weighted by molar-refractivity contribution is 0.0990. The Morgan fingerprint density at radius 3 is 1.75 bits per heavy atom. The minimum Gasteiger partial charge on any atom is -0.288 e. The van der Waals surface area contributed by atoms with Crippen molar-refractivity contribution >= 4 is 40.8 Å². The predicted octanol–water partition coefficient (Wildman–Crippen LogP) is 4.46. The molecule has 3 rings (SSSR count). The lowest BCUT2D eigenvalue weighted by Crippen LogP contribution is -2.00. The fourth-order valence-corrected chi connectivity index (χ4v) is 2.70. The molecule has 0 bridgehead atoms. The molecule has 4 heteroatoms. The standard InChI is InChI=1S/C16H8Cl2O2/c17-13-6-3-7-14(18)11(13)8-12-15(19)9-4-1-2-5-10(9)16(12)20/h1-8H. The van der Waals surface area contributed by atoms with Gasteiger partial charge in [0.15, 0.2) is 11.6 Å². The maximum absolute atomic E-state index is 12.3. The van der Waals surface area contributed by atoms with Crippen LogP contribution in [0.1, 0.15) is 26.3 Å². The number of hydrogen-bond donors (Lipinski definition) is 0. The van der Waals surface area contributed by atoms with E-state index in [4.69, 9.17) is 23.2 Å². The molecule has 2 aromatic rings. The first-order valence-corrected chi connectivity index (χ1v) is 6.69. The molecule has 20 heavy (non-hydrogen) atoms. The van der Waals surface area contributed by atoms with E-state index < -0.39 is 0 Å². The molecule has 0 unspecified atom stereocenters. The van der Waals surface area contributed by atoms with Crippen molar-refractivity contribution in [3.8, 4) is 0 Å². The summed E-state index contributed by atoms with van der Waals surface area (Å²) in [5.41, 5.74) is 1.43. The van der Waals surface area contributed by atoms with E-state index in [2.05, 4.69) is 0 Å². The first-order valence-electron chi connectivity index (χ1n) is 5.93. The molecule has 0 heterocycles. The van der Waals surface area contributed by atoms with Gasteiger partial charge in [-0.25, -0.2) is 0 Å². The van der Waals surface area contributed by atoms with Gasteiger partial charge in [-0.15, -0.1) is 0 Å². The maximum Gasteiger partial charge on any atom is 0.197 e. The van der Waals surface area contributed by atoms with Crippen LogP contribution in [-0.2, 0) is 0 Å². The molecule has 2 aromatic carbocycles. The maximum atomic E-state index is 12.3. The third-order valence-corrected chi connectivity index (χ3v) is 3.85. The van der Waals surface area contributed by atoms with Crippen molar-refractivity contribution in [1.82, 2.24) is 0 Å². The van der Waals surface area contributed by atoms with Crippen LogP contribution in [0.4, 0.5) is 0 Å². The van der Waals surface area contributed by atoms with Crippen LogP contribution in [0, 0.1) is 0 Å². The summed E-state index contributed by atoms with van der Waals surface area (Å²) in [6.45, 7) is 0. The average molecular weight is 303 g/mol. The fourth-order valence-electron chi connectivity index (χ4n) is 2.20. The van der Waals surface area contributed by atoms with E-state index in [1.807, 2.05) is 0 Å². The topological polar surface area (TPSA) is 34.1 Å². The van der Waals surface area contributed by atoms with Crippen molar-refractivity contribution in [3.05, 3.63) is 74.8 Å². The van der Waals surface area contributed by atoms with Gasteiger partial charge in [0.25, 0.3) is 0 Å². The number of carbonyl (C=O) groups excluding carboxylic acids is 2.